The largest absolute Gasteiger partial charge is 0.489 e. The van der Waals surface area contributed by atoms with Gasteiger partial charge in [0.15, 0.2) is 11.6 Å². The normalized spacial score (nSPS) is 15.8. The minimum Gasteiger partial charge on any atom is -0.489 e. The van der Waals surface area contributed by atoms with Gasteiger partial charge in [0, 0.05) is 44.0 Å². The van der Waals surface area contributed by atoms with Gasteiger partial charge in [-0.2, -0.15) is 5.26 Å². The first-order valence-corrected chi connectivity index (χ1v) is 10.5. The molecule has 0 spiro atoms. The highest BCUT2D eigenvalue weighted by atomic mass is 19.2. The molecule has 3 N–H and O–H groups in total. The number of benzene rings is 2. The van der Waals surface area contributed by atoms with Crippen LogP contribution in [0.1, 0.15) is 25.3 Å². The van der Waals surface area contributed by atoms with Gasteiger partial charge < -0.3 is 25.4 Å². The second-order valence-corrected chi connectivity index (χ2v) is 7.67. The van der Waals surface area contributed by atoms with Gasteiger partial charge in [-0.25, -0.2) is 8.78 Å². The molecule has 31 heavy (non-hydrogen) atoms. The van der Waals surface area contributed by atoms with E-state index in [4.69, 9.17) is 10.00 Å². The molecule has 0 aliphatic carbocycles. The number of likely N-dealkylation sites (tertiary alicyclic amines) is 1. The van der Waals surface area contributed by atoms with E-state index >= 15 is 0 Å². The van der Waals surface area contributed by atoms with E-state index in [9.17, 15) is 13.9 Å². The van der Waals surface area contributed by atoms with Crippen molar-refractivity contribution in [3.63, 3.8) is 0 Å². The summed E-state index contributed by atoms with van der Waals surface area (Å²) in [6.45, 7) is 4.88. The number of β-amino-alcohol motifs (C(OH)–C–C–N with tert-alkyl or cyclic N) is 1. The van der Waals surface area contributed by atoms with Crippen LogP contribution in [0.5, 0.6) is 5.75 Å². The first-order chi connectivity index (χ1) is 15.0. The highest BCUT2D eigenvalue weighted by molar-refractivity contribution is 5.60. The maximum atomic E-state index is 13.4. The summed E-state index contributed by atoms with van der Waals surface area (Å²) in [5.41, 5.74) is 1.85. The molecule has 2 aromatic rings. The monoisotopic (exact) mass is 430 g/mol. The maximum absolute atomic E-state index is 13.4. The number of piperidine rings is 1. The molecule has 1 saturated heterocycles. The second kappa shape index (κ2) is 10.9. The molecule has 3 rings (SSSR count). The first-order valence-electron chi connectivity index (χ1n) is 10.5. The molecule has 1 unspecified atom stereocenters. The fraction of sp³-hybridized carbons (Fsp3) is 0.435. The lowest BCUT2D eigenvalue weighted by Gasteiger charge is -2.34. The summed E-state index contributed by atoms with van der Waals surface area (Å²) in [7, 11) is 0. The minimum absolute atomic E-state index is 0.150. The number of anilines is 2. The maximum Gasteiger partial charge on any atom is 0.160 e. The number of aliphatic hydroxyl groups excluding tert-OH is 1. The zero-order valence-electron chi connectivity index (χ0n) is 17.6. The summed E-state index contributed by atoms with van der Waals surface area (Å²) in [4.78, 5) is 2.17. The van der Waals surface area contributed by atoms with Gasteiger partial charge in [-0.05, 0) is 50.1 Å². The van der Waals surface area contributed by atoms with Crippen molar-refractivity contribution in [2.24, 2.45) is 0 Å². The lowest BCUT2D eigenvalue weighted by atomic mass is 10.0. The number of aliphatic hydroxyl groups is 1. The van der Waals surface area contributed by atoms with Crippen LogP contribution in [0.4, 0.5) is 20.2 Å². The molecule has 1 atom stereocenters. The van der Waals surface area contributed by atoms with E-state index in [0.29, 0.717) is 30.1 Å². The zero-order valence-corrected chi connectivity index (χ0v) is 17.6. The van der Waals surface area contributed by atoms with Gasteiger partial charge in [0.25, 0.3) is 0 Å². The summed E-state index contributed by atoms with van der Waals surface area (Å²) in [6.07, 6.45) is 1.03. The highest BCUT2D eigenvalue weighted by Crippen LogP contribution is 2.26. The number of ether oxygens (including phenoxy) is 1. The number of nitrogens with one attached hydrogen (secondary N) is 2. The fourth-order valence-electron chi connectivity index (χ4n) is 3.67. The van der Waals surface area contributed by atoms with E-state index in [-0.39, 0.29) is 12.6 Å². The van der Waals surface area contributed by atoms with Crippen molar-refractivity contribution in [2.45, 2.75) is 31.9 Å². The van der Waals surface area contributed by atoms with Crippen molar-refractivity contribution in [3.8, 4) is 11.8 Å². The topological polar surface area (TPSA) is 80.5 Å². The molecule has 1 fully saturated rings. The minimum atomic E-state index is -0.856. The van der Waals surface area contributed by atoms with Crippen LogP contribution in [0, 0.1) is 23.0 Å². The Morgan fingerprint density at radius 3 is 2.65 bits per heavy atom. The zero-order chi connectivity index (χ0) is 22.2. The van der Waals surface area contributed by atoms with Gasteiger partial charge in [-0.15, -0.1) is 0 Å². The molecule has 1 aliphatic rings. The Bertz CT molecular complexity index is 911. The van der Waals surface area contributed by atoms with Crippen LogP contribution >= 0.6 is 0 Å². The molecule has 166 valence electrons. The van der Waals surface area contributed by atoms with Crippen LogP contribution in [0.3, 0.4) is 0 Å². The predicted octanol–water partition coefficient (Wildman–Crippen LogP) is 3.58. The molecule has 8 heteroatoms. The number of hydrogen-bond acceptors (Lipinski definition) is 6. The summed E-state index contributed by atoms with van der Waals surface area (Å²) in [6, 6.07) is 11.3. The highest BCUT2D eigenvalue weighted by Gasteiger charge is 2.21. The Kier molecular flexibility index (Phi) is 8.04. The van der Waals surface area contributed by atoms with E-state index < -0.39 is 17.7 Å². The quantitative estimate of drug-likeness (QED) is 0.564. The van der Waals surface area contributed by atoms with Crippen LogP contribution in [0.2, 0.25) is 0 Å². The SMILES string of the molecule is CCNc1cc(C#N)ccc1OCC(O)CN1CCC(Nc2ccc(F)c(F)c2)CC1. The Labute approximate surface area is 181 Å². The van der Waals surface area contributed by atoms with Gasteiger partial charge in [-0.3, -0.25) is 0 Å². The Balaban J connectivity index is 1.43. The number of rotatable bonds is 9. The summed E-state index contributed by atoms with van der Waals surface area (Å²) < 4.78 is 32.2. The lowest BCUT2D eigenvalue weighted by molar-refractivity contribution is 0.0607. The van der Waals surface area contributed by atoms with Gasteiger partial charge in [0.05, 0.1) is 17.3 Å². The molecule has 0 bridgehead atoms. The van der Waals surface area contributed by atoms with Crippen molar-refractivity contribution in [2.75, 3.05) is 43.4 Å². The van der Waals surface area contributed by atoms with Crippen LogP contribution in [0.25, 0.3) is 0 Å². The summed E-state index contributed by atoms with van der Waals surface area (Å²) >= 11 is 0. The van der Waals surface area contributed by atoms with Crippen LogP contribution in [0.15, 0.2) is 36.4 Å². The standard InChI is InChI=1S/C23H28F2N4O2/c1-2-27-22-11-16(13-26)3-6-23(22)31-15-19(30)14-29-9-7-17(8-10-29)28-18-4-5-20(24)21(25)12-18/h3-6,11-12,17,19,27-28,30H,2,7-10,14-15H2,1H3. The fourth-order valence-corrected chi connectivity index (χ4v) is 3.67. The second-order valence-electron chi connectivity index (χ2n) is 7.67. The van der Waals surface area contributed by atoms with E-state index in [0.717, 1.165) is 37.7 Å². The molecular weight excluding hydrogens is 402 g/mol. The van der Waals surface area contributed by atoms with Crippen molar-refractivity contribution in [3.05, 3.63) is 53.6 Å². The van der Waals surface area contributed by atoms with E-state index in [1.54, 1.807) is 18.2 Å². The Morgan fingerprint density at radius 2 is 1.97 bits per heavy atom. The number of halogens is 2. The van der Waals surface area contributed by atoms with Crippen molar-refractivity contribution in [1.82, 2.24) is 4.90 Å². The molecule has 6 nitrogen and oxygen atoms in total. The van der Waals surface area contributed by atoms with Crippen LogP contribution in [-0.2, 0) is 0 Å². The summed E-state index contributed by atoms with van der Waals surface area (Å²) in [5.74, 6) is -1.10. The Morgan fingerprint density at radius 1 is 1.19 bits per heavy atom. The van der Waals surface area contributed by atoms with Gasteiger partial charge in [0.2, 0.25) is 0 Å². The Hall–Kier alpha value is -2.89. The molecule has 0 amide bonds. The van der Waals surface area contributed by atoms with E-state index in [1.165, 1.54) is 12.1 Å². The molecular formula is C23H28F2N4O2. The van der Waals surface area contributed by atoms with Crippen LogP contribution in [-0.4, -0.2) is 54.9 Å². The molecule has 1 heterocycles. The van der Waals surface area contributed by atoms with Gasteiger partial charge in [-0.1, -0.05) is 0 Å². The van der Waals surface area contributed by atoms with Crippen molar-refractivity contribution >= 4 is 11.4 Å². The number of nitriles is 1. The van der Waals surface area contributed by atoms with Gasteiger partial charge in [0.1, 0.15) is 18.5 Å². The first kappa shape index (κ1) is 22.8. The third kappa shape index (κ3) is 6.54. The average Bonchev–Trinajstić information content (AvgIpc) is 2.77. The number of hydrogen-bond donors (Lipinski definition) is 3. The van der Waals surface area contributed by atoms with Crippen molar-refractivity contribution < 1.29 is 18.6 Å². The van der Waals surface area contributed by atoms with E-state index in [2.05, 4.69) is 21.6 Å². The van der Waals surface area contributed by atoms with Crippen molar-refractivity contribution in [1.29, 1.82) is 5.26 Å². The average molecular weight is 430 g/mol. The van der Waals surface area contributed by atoms with Gasteiger partial charge >= 0.3 is 0 Å². The number of nitrogens with zero attached hydrogens (tertiary/aromatic N) is 2. The smallest absolute Gasteiger partial charge is 0.160 e. The molecule has 0 saturated carbocycles. The molecule has 1 aliphatic heterocycles. The third-order valence-corrected chi connectivity index (χ3v) is 5.25. The predicted molar refractivity (Wildman–Crippen MR) is 116 cm³/mol. The third-order valence-electron chi connectivity index (χ3n) is 5.25. The summed E-state index contributed by atoms with van der Waals surface area (Å²) in [5, 5.41) is 25.9. The molecule has 2 aromatic carbocycles. The van der Waals surface area contributed by atoms with Crippen LogP contribution < -0.4 is 15.4 Å². The lowest BCUT2D eigenvalue weighted by Crippen LogP contribution is -2.43. The van der Waals surface area contributed by atoms with E-state index in [1.807, 2.05) is 6.92 Å². The molecule has 0 aromatic heterocycles. The molecule has 0 radical (unpaired) electrons.